The number of thiazole rings is 1. The van der Waals surface area contributed by atoms with E-state index >= 15 is 0 Å². The van der Waals surface area contributed by atoms with Crippen molar-refractivity contribution in [2.45, 2.75) is 39.7 Å². The van der Waals surface area contributed by atoms with E-state index in [0.29, 0.717) is 23.6 Å². The van der Waals surface area contributed by atoms with E-state index in [2.05, 4.69) is 9.97 Å². The first-order valence-corrected chi connectivity index (χ1v) is 10.2. The predicted molar refractivity (Wildman–Crippen MR) is 112 cm³/mol. The molecule has 0 N–H and O–H groups in total. The highest BCUT2D eigenvalue weighted by molar-refractivity contribution is 7.09. The molecule has 0 fully saturated rings. The summed E-state index contributed by atoms with van der Waals surface area (Å²) in [6.45, 7) is 5.94. The van der Waals surface area contributed by atoms with Crippen molar-refractivity contribution in [2.24, 2.45) is 0 Å². The molecular weight excluding hydrogens is 390 g/mol. The SMILES string of the molecule is Cc1nc(Oc2ccccc2)c([N+](=O)[O-])c(C(C)OCCCc2nccs2)c1C. The van der Waals surface area contributed by atoms with Gasteiger partial charge in [-0.05, 0) is 44.9 Å². The third-order valence-electron chi connectivity index (χ3n) is 4.61. The van der Waals surface area contributed by atoms with E-state index in [0.717, 1.165) is 23.4 Å². The van der Waals surface area contributed by atoms with Crippen molar-refractivity contribution in [2.75, 3.05) is 6.61 Å². The van der Waals surface area contributed by atoms with Crippen LogP contribution in [0.4, 0.5) is 5.69 Å². The van der Waals surface area contributed by atoms with Crippen LogP contribution in [0.5, 0.6) is 11.6 Å². The standard InChI is InChI=1S/C21H23N3O4S/c1-14-15(2)23-21(28-17-8-5-4-6-9-17)20(24(25)26)19(14)16(3)27-12-7-10-18-22-11-13-29-18/h4-6,8-9,11,13,16H,7,10,12H2,1-3H3. The first kappa shape index (κ1) is 20.9. The van der Waals surface area contributed by atoms with Gasteiger partial charge in [-0.3, -0.25) is 10.1 Å². The Kier molecular flexibility index (Phi) is 6.90. The zero-order valence-electron chi connectivity index (χ0n) is 16.6. The van der Waals surface area contributed by atoms with E-state index in [9.17, 15) is 10.1 Å². The van der Waals surface area contributed by atoms with Crippen LogP contribution in [0.25, 0.3) is 0 Å². The van der Waals surface area contributed by atoms with Crippen LogP contribution in [0.3, 0.4) is 0 Å². The Bertz CT molecular complexity index is 962. The number of nitrogens with zero attached hydrogens (tertiary/aromatic N) is 3. The van der Waals surface area contributed by atoms with Gasteiger partial charge in [0.15, 0.2) is 0 Å². The highest BCUT2D eigenvalue weighted by Gasteiger charge is 2.30. The van der Waals surface area contributed by atoms with Crippen molar-refractivity contribution in [3.05, 3.63) is 73.9 Å². The average molecular weight is 413 g/mol. The van der Waals surface area contributed by atoms with E-state index in [4.69, 9.17) is 9.47 Å². The van der Waals surface area contributed by atoms with Gasteiger partial charge in [0.25, 0.3) is 5.88 Å². The molecule has 1 aromatic carbocycles. The van der Waals surface area contributed by atoms with Crippen molar-refractivity contribution < 1.29 is 14.4 Å². The zero-order valence-corrected chi connectivity index (χ0v) is 17.4. The molecular formula is C21H23N3O4S. The molecule has 1 unspecified atom stereocenters. The molecule has 0 aliphatic rings. The second-order valence-electron chi connectivity index (χ2n) is 6.60. The number of para-hydroxylation sites is 1. The topological polar surface area (TPSA) is 87.4 Å². The molecule has 0 saturated heterocycles. The van der Waals surface area contributed by atoms with Gasteiger partial charge >= 0.3 is 5.69 Å². The predicted octanol–water partition coefficient (Wildman–Crippen LogP) is 5.57. The van der Waals surface area contributed by atoms with Crippen LogP contribution in [0.15, 0.2) is 41.9 Å². The first-order valence-electron chi connectivity index (χ1n) is 9.35. The maximum atomic E-state index is 11.9. The molecule has 0 amide bonds. The molecule has 0 saturated carbocycles. The summed E-state index contributed by atoms with van der Waals surface area (Å²) in [5, 5.41) is 14.9. The van der Waals surface area contributed by atoms with Gasteiger partial charge in [0.2, 0.25) is 0 Å². The summed E-state index contributed by atoms with van der Waals surface area (Å²) in [6.07, 6.45) is 2.93. The van der Waals surface area contributed by atoms with Crippen molar-refractivity contribution in [3.8, 4) is 11.6 Å². The van der Waals surface area contributed by atoms with Crippen molar-refractivity contribution in [1.82, 2.24) is 9.97 Å². The highest BCUT2D eigenvalue weighted by Crippen LogP contribution is 2.39. The number of ether oxygens (including phenoxy) is 2. The molecule has 2 aromatic heterocycles. The van der Waals surface area contributed by atoms with Crippen molar-refractivity contribution in [1.29, 1.82) is 0 Å². The lowest BCUT2D eigenvalue weighted by Crippen LogP contribution is -2.11. The van der Waals surface area contributed by atoms with Gasteiger partial charge in [-0.15, -0.1) is 11.3 Å². The number of benzene rings is 1. The average Bonchev–Trinajstić information content (AvgIpc) is 3.21. The van der Waals surface area contributed by atoms with Crippen LogP contribution in [0.2, 0.25) is 0 Å². The van der Waals surface area contributed by atoms with E-state index in [1.807, 2.05) is 32.2 Å². The molecule has 3 rings (SSSR count). The summed E-state index contributed by atoms with van der Waals surface area (Å²) in [4.78, 5) is 20.1. The molecule has 0 spiro atoms. The molecule has 8 heteroatoms. The smallest absolute Gasteiger partial charge is 0.337 e. The van der Waals surface area contributed by atoms with E-state index in [1.165, 1.54) is 0 Å². The molecule has 0 bridgehead atoms. The van der Waals surface area contributed by atoms with Gasteiger partial charge in [-0.1, -0.05) is 18.2 Å². The van der Waals surface area contributed by atoms with E-state index < -0.39 is 11.0 Å². The Morgan fingerprint density at radius 2 is 2.00 bits per heavy atom. The minimum Gasteiger partial charge on any atom is -0.434 e. The fourth-order valence-electron chi connectivity index (χ4n) is 3.07. The molecule has 29 heavy (non-hydrogen) atoms. The second-order valence-corrected chi connectivity index (χ2v) is 7.58. The quantitative estimate of drug-likeness (QED) is 0.259. The Hall–Kier alpha value is -2.84. The van der Waals surface area contributed by atoms with Crippen LogP contribution < -0.4 is 4.74 Å². The molecule has 0 aliphatic carbocycles. The lowest BCUT2D eigenvalue weighted by molar-refractivity contribution is -0.387. The van der Waals surface area contributed by atoms with Crippen LogP contribution in [-0.2, 0) is 11.2 Å². The number of hydrogen-bond donors (Lipinski definition) is 0. The third-order valence-corrected chi connectivity index (χ3v) is 5.45. The minimum absolute atomic E-state index is 0.0162. The molecule has 1 atom stereocenters. The fraction of sp³-hybridized carbons (Fsp3) is 0.333. The van der Waals surface area contributed by atoms with Crippen molar-refractivity contribution >= 4 is 17.0 Å². The minimum atomic E-state index is -0.466. The molecule has 0 radical (unpaired) electrons. The molecule has 3 aromatic rings. The Morgan fingerprint density at radius 3 is 2.66 bits per heavy atom. The molecule has 7 nitrogen and oxygen atoms in total. The summed E-state index contributed by atoms with van der Waals surface area (Å²) >= 11 is 1.61. The lowest BCUT2D eigenvalue weighted by Gasteiger charge is -2.18. The first-order chi connectivity index (χ1) is 14.0. The Balaban J connectivity index is 1.82. The van der Waals surface area contributed by atoms with Gasteiger partial charge in [-0.2, -0.15) is 0 Å². The van der Waals surface area contributed by atoms with Crippen LogP contribution >= 0.6 is 11.3 Å². The molecule has 0 aliphatic heterocycles. The summed E-state index contributed by atoms with van der Waals surface area (Å²) in [5.74, 6) is 0.479. The fourth-order valence-corrected chi connectivity index (χ4v) is 3.73. The largest absolute Gasteiger partial charge is 0.434 e. The van der Waals surface area contributed by atoms with Gasteiger partial charge in [0.05, 0.1) is 21.6 Å². The van der Waals surface area contributed by atoms with Crippen LogP contribution in [0.1, 0.15) is 41.3 Å². The number of rotatable bonds is 9. The van der Waals surface area contributed by atoms with E-state index in [-0.39, 0.29) is 11.6 Å². The maximum Gasteiger partial charge on any atom is 0.337 e. The number of pyridine rings is 1. The summed E-state index contributed by atoms with van der Waals surface area (Å²) < 4.78 is 11.7. The second kappa shape index (κ2) is 9.58. The number of nitro groups is 1. The van der Waals surface area contributed by atoms with Crippen LogP contribution in [-0.4, -0.2) is 21.5 Å². The normalized spacial score (nSPS) is 12.0. The van der Waals surface area contributed by atoms with Gasteiger partial charge in [0, 0.05) is 30.3 Å². The number of hydrogen-bond acceptors (Lipinski definition) is 7. The zero-order chi connectivity index (χ0) is 20.8. The number of aromatic nitrogens is 2. The molecule has 2 heterocycles. The van der Waals surface area contributed by atoms with E-state index in [1.54, 1.807) is 41.8 Å². The lowest BCUT2D eigenvalue weighted by atomic mass is 10.0. The summed E-state index contributed by atoms with van der Waals surface area (Å²) in [5.41, 5.74) is 1.77. The highest BCUT2D eigenvalue weighted by atomic mass is 32.1. The third kappa shape index (κ3) is 5.16. The van der Waals surface area contributed by atoms with Gasteiger partial charge in [0.1, 0.15) is 5.75 Å². The van der Waals surface area contributed by atoms with Gasteiger partial charge in [-0.25, -0.2) is 9.97 Å². The van der Waals surface area contributed by atoms with Crippen LogP contribution in [0, 0.1) is 24.0 Å². The number of aryl methyl sites for hydroxylation is 2. The van der Waals surface area contributed by atoms with Crippen molar-refractivity contribution in [3.63, 3.8) is 0 Å². The Labute approximate surface area is 173 Å². The summed E-state index contributed by atoms with van der Waals surface area (Å²) in [6, 6.07) is 8.92. The Morgan fingerprint density at radius 1 is 1.24 bits per heavy atom. The monoisotopic (exact) mass is 413 g/mol. The van der Waals surface area contributed by atoms with Gasteiger partial charge < -0.3 is 9.47 Å². The molecule has 152 valence electrons. The maximum absolute atomic E-state index is 11.9. The summed E-state index contributed by atoms with van der Waals surface area (Å²) in [7, 11) is 0.